The number of amides is 1. The van der Waals surface area contributed by atoms with Gasteiger partial charge in [0.05, 0.1) is 11.8 Å². The Morgan fingerprint density at radius 3 is 2.46 bits per heavy atom. The number of benzene rings is 2. The highest BCUT2D eigenvalue weighted by molar-refractivity contribution is 6.03. The Bertz CT molecular complexity index is 978. The second kappa shape index (κ2) is 8.43. The van der Waals surface area contributed by atoms with Crippen molar-refractivity contribution in [3.8, 4) is 5.75 Å². The SMILES string of the molecule is CC(C)Oc1ccc(NC(=O)c2cc(Nc3ccc(F)cc3F)ncn2)cc1. The summed E-state index contributed by atoms with van der Waals surface area (Å²) in [5.74, 6) is -1.01. The Hall–Kier alpha value is -3.55. The molecule has 2 aromatic carbocycles. The summed E-state index contributed by atoms with van der Waals surface area (Å²) in [6, 6.07) is 11.4. The Kier molecular flexibility index (Phi) is 5.78. The van der Waals surface area contributed by atoms with Crippen LogP contribution in [-0.4, -0.2) is 22.0 Å². The van der Waals surface area contributed by atoms with E-state index in [1.807, 2.05) is 13.8 Å². The molecule has 1 heterocycles. The minimum atomic E-state index is -0.770. The highest BCUT2D eigenvalue weighted by Gasteiger charge is 2.11. The minimum absolute atomic E-state index is 0.0344. The van der Waals surface area contributed by atoms with Gasteiger partial charge in [0.2, 0.25) is 0 Å². The van der Waals surface area contributed by atoms with E-state index < -0.39 is 17.5 Å². The molecule has 1 amide bonds. The van der Waals surface area contributed by atoms with E-state index in [1.165, 1.54) is 18.5 Å². The molecule has 0 atom stereocenters. The molecule has 0 aliphatic rings. The van der Waals surface area contributed by atoms with E-state index in [1.54, 1.807) is 24.3 Å². The third-order valence-corrected chi connectivity index (χ3v) is 3.58. The summed E-state index contributed by atoms with van der Waals surface area (Å²) < 4.78 is 32.3. The largest absolute Gasteiger partial charge is 0.491 e. The molecule has 3 aromatic rings. The number of carbonyl (C=O) groups is 1. The first-order chi connectivity index (χ1) is 13.4. The Labute approximate surface area is 160 Å². The highest BCUT2D eigenvalue weighted by atomic mass is 19.1. The normalized spacial score (nSPS) is 10.6. The Morgan fingerprint density at radius 1 is 1.04 bits per heavy atom. The average Bonchev–Trinajstić information content (AvgIpc) is 2.65. The maximum absolute atomic E-state index is 13.8. The van der Waals surface area contributed by atoms with Gasteiger partial charge in [0.1, 0.15) is 35.2 Å². The standard InChI is InChI=1S/C20H18F2N4O2/c1-12(2)28-15-6-4-14(5-7-15)25-20(27)18-10-19(24-11-23-18)26-17-8-3-13(21)9-16(17)22/h3-12H,1-2H3,(H,25,27)(H,23,24,26). The van der Waals surface area contributed by atoms with Gasteiger partial charge in [-0.15, -0.1) is 0 Å². The summed E-state index contributed by atoms with van der Waals surface area (Å²) in [7, 11) is 0. The topological polar surface area (TPSA) is 76.1 Å². The molecule has 0 spiro atoms. The molecule has 0 bridgehead atoms. The van der Waals surface area contributed by atoms with Gasteiger partial charge in [-0.2, -0.15) is 0 Å². The molecular formula is C20H18F2N4O2. The number of nitrogens with one attached hydrogen (secondary N) is 2. The number of hydrogen-bond donors (Lipinski definition) is 2. The van der Waals surface area contributed by atoms with Crippen molar-refractivity contribution in [1.29, 1.82) is 0 Å². The van der Waals surface area contributed by atoms with Crippen LogP contribution in [-0.2, 0) is 0 Å². The fourth-order valence-electron chi connectivity index (χ4n) is 2.36. The number of anilines is 3. The van der Waals surface area contributed by atoms with E-state index in [9.17, 15) is 13.6 Å². The summed E-state index contributed by atoms with van der Waals surface area (Å²) in [5.41, 5.74) is 0.688. The molecule has 0 aliphatic carbocycles. The number of nitrogens with zero attached hydrogens (tertiary/aromatic N) is 2. The van der Waals surface area contributed by atoms with Gasteiger partial charge in [-0.3, -0.25) is 4.79 Å². The van der Waals surface area contributed by atoms with Gasteiger partial charge >= 0.3 is 0 Å². The fourth-order valence-corrected chi connectivity index (χ4v) is 2.36. The first kappa shape index (κ1) is 19.2. The fraction of sp³-hybridized carbons (Fsp3) is 0.150. The van der Waals surface area contributed by atoms with Crippen LogP contribution in [0.1, 0.15) is 24.3 Å². The van der Waals surface area contributed by atoms with E-state index in [4.69, 9.17) is 4.74 Å². The van der Waals surface area contributed by atoms with Crippen molar-refractivity contribution in [2.45, 2.75) is 20.0 Å². The molecule has 6 nitrogen and oxygen atoms in total. The lowest BCUT2D eigenvalue weighted by Crippen LogP contribution is -2.14. The van der Waals surface area contributed by atoms with Crippen molar-refractivity contribution < 1.29 is 18.3 Å². The van der Waals surface area contributed by atoms with Crippen LogP contribution in [0.4, 0.5) is 26.0 Å². The van der Waals surface area contributed by atoms with Gasteiger partial charge in [0, 0.05) is 17.8 Å². The van der Waals surface area contributed by atoms with Gasteiger partial charge in [-0.1, -0.05) is 0 Å². The number of aromatic nitrogens is 2. The van der Waals surface area contributed by atoms with Crippen LogP contribution >= 0.6 is 0 Å². The van der Waals surface area contributed by atoms with E-state index in [0.29, 0.717) is 11.4 Å². The average molecular weight is 384 g/mol. The predicted molar refractivity (Wildman–Crippen MR) is 102 cm³/mol. The molecule has 2 N–H and O–H groups in total. The zero-order chi connectivity index (χ0) is 20.1. The zero-order valence-electron chi connectivity index (χ0n) is 15.2. The highest BCUT2D eigenvalue weighted by Crippen LogP contribution is 2.20. The second-order valence-corrected chi connectivity index (χ2v) is 6.18. The van der Waals surface area contributed by atoms with Crippen LogP contribution < -0.4 is 15.4 Å². The molecule has 8 heteroatoms. The van der Waals surface area contributed by atoms with Crippen LogP contribution in [0.2, 0.25) is 0 Å². The summed E-state index contributed by atoms with van der Waals surface area (Å²) in [6.07, 6.45) is 1.23. The molecule has 0 saturated heterocycles. The van der Waals surface area contributed by atoms with E-state index in [-0.39, 0.29) is 23.3 Å². The van der Waals surface area contributed by atoms with Gasteiger partial charge in [-0.05, 0) is 50.2 Å². The van der Waals surface area contributed by atoms with Crippen LogP contribution in [0.15, 0.2) is 54.9 Å². The van der Waals surface area contributed by atoms with E-state index >= 15 is 0 Å². The van der Waals surface area contributed by atoms with Crippen LogP contribution in [0, 0.1) is 11.6 Å². The Morgan fingerprint density at radius 2 is 1.79 bits per heavy atom. The second-order valence-electron chi connectivity index (χ2n) is 6.18. The van der Waals surface area contributed by atoms with Crippen LogP contribution in [0.3, 0.4) is 0 Å². The monoisotopic (exact) mass is 384 g/mol. The molecule has 144 valence electrons. The van der Waals surface area contributed by atoms with Crippen molar-refractivity contribution >= 4 is 23.1 Å². The lowest BCUT2D eigenvalue weighted by atomic mass is 10.2. The summed E-state index contributed by atoms with van der Waals surface area (Å²) >= 11 is 0. The molecular weight excluding hydrogens is 366 g/mol. The van der Waals surface area contributed by atoms with Crippen LogP contribution in [0.25, 0.3) is 0 Å². The molecule has 0 radical (unpaired) electrons. The number of ether oxygens (including phenoxy) is 1. The molecule has 3 rings (SSSR count). The molecule has 0 fully saturated rings. The number of rotatable bonds is 6. The van der Waals surface area contributed by atoms with Crippen molar-refractivity contribution in [3.63, 3.8) is 0 Å². The lowest BCUT2D eigenvalue weighted by Gasteiger charge is -2.11. The first-order valence-electron chi connectivity index (χ1n) is 8.53. The van der Waals surface area contributed by atoms with Gasteiger partial charge in [-0.25, -0.2) is 18.7 Å². The molecule has 0 unspecified atom stereocenters. The third kappa shape index (κ3) is 5.00. The third-order valence-electron chi connectivity index (χ3n) is 3.58. The zero-order valence-corrected chi connectivity index (χ0v) is 15.2. The summed E-state index contributed by atoms with van der Waals surface area (Å²) in [5, 5.41) is 5.41. The Balaban J connectivity index is 1.69. The first-order valence-corrected chi connectivity index (χ1v) is 8.53. The van der Waals surface area contributed by atoms with E-state index in [0.717, 1.165) is 12.1 Å². The lowest BCUT2D eigenvalue weighted by molar-refractivity contribution is 0.102. The molecule has 1 aromatic heterocycles. The summed E-state index contributed by atoms with van der Waals surface area (Å²) in [6.45, 7) is 3.85. The minimum Gasteiger partial charge on any atom is -0.491 e. The van der Waals surface area contributed by atoms with Crippen molar-refractivity contribution in [2.75, 3.05) is 10.6 Å². The summed E-state index contributed by atoms with van der Waals surface area (Å²) in [4.78, 5) is 20.3. The number of halogens is 2. The quantitative estimate of drug-likeness (QED) is 0.653. The maximum atomic E-state index is 13.8. The van der Waals surface area contributed by atoms with Crippen molar-refractivity contribution in [2.24, 2.45) is 0 Å². The van der Waals surface area contributed by atoms with E-state index in [2.05, 4.69) is 20.6 Å². The van der Waals surface area contributed by atoms with Crippen molar-refractivity contribution in [1.82, 2.24) is 9.97 Å². The smallest absolute Gasteiger partial charge is 0.274 e. The number of carbonyl (C=O) groups excluding carboxylic acids is 1. The predicted octanol–water partition coefficient (Wildman–Crippen LogP) is 4.54. The van der Waals surface area contributed by atoms with Crippen molar-refractivity contribution in [3.05, 3.63) is 72.2 Å². The maximum Gasteiger partial charge on any atom is 0.274 e. The number of hydrogen-bond acceptors (Lipinski definition) is 5. The van der Waals surface area contributed by atoms with Gasteiger partial charge in [0.15, 0.2) is 0 Å². The molecule has 0 saturated carbocycles. The van der Waals surface area contributed by atoms with Crippen LogP contribution in [0.5, 0.6) is 5.75 Å². The van der Waals surface area contributed by atoms with Gasteiger partial charge in [0.25, 0.3) is 5.91 Å². The van der Waals surface area contributed by atoms with Gasteiger partial charge < -0.3 is 15.4 Å². The molecule has 28 heavy (non-hydrogen) atoms. The molecule has 0 aliphatic heterocycles.